The van der Waals surface area contributed by atoms with Crippen LogP contribution >= 0.6 is 15.9 Å². The van der Waals surface area contributed by atoms with E-state index in [0.717, 1.165) is 15.6 Å². The SMILES string of the molecule is O=C1CN(C(=O)c2ccco2)[C@H](c2ccccc2)c2cc(Br)ccc2N1. The highest BCUT2D eigenvalue weighted by Gasteiger charge is 2.34. The number of carbonyl (C=O) groups excluding carboxylic acids is 2. The van der Waals surface area contributed by atoms with E-state index in [2.05, 4.69) is 21.2 Å². The summed E-state index contributed by atoms with van der Waals surface area (Å²) in [5.41, 5.74) is 2.46. The number of halogens is 1. The van der Waals surface area contributed by atoms with E-state index in [1.54, 1.807) is 17.0 Å². The topological polar surface area (TPSA) is 62.6 Å². The van der Waals surface area contributed by atoms with E-state index in [4.69, 9.17) is 4.42 Å². The summed E-state index contributed by atoms with van der Waals surface area (Å²) in [6.45, 7) is -0.0641. The van der Waals surface area contributed by atoms with Crippen molar-refractivity contribution in [2.75, 3.05) is 11.9 Å². The van der Waals surface area contributed by atoms with Gasteiger partial charge in [0.05, 0.1) is 12.3 Å². The average molecular weight is 411 g/mol. The molecule has 0 unspecified atom stereocenters. The lowest BCUT2D eigenvalue weighted by Crippen LogP contribution is -2.38. The van der Waals surface area contributed by atoms with Gasteiger partial charge in [0.25, 0.3) is 5.91 Å². The third-order valence-electron chi connectivity index (χ3n) is 4.32. The molecule has 2 amide bonds. The van der Waals surface area contributed by atoms with Gasteiger partial charge in [-0.05, 0) is 35.9 Å². The van der Waals surface area contributed by atoms with Crippen molar-refractivity contribution in [3.8, 4) is 0 Å². The number of anilines is 1. The standard InChI is InChI=1S/C20H15BrN2O3/c21-14-8-9-16-15(11-14)19(13-5-2-1-3-6-13)23(12-18(24)22-16)20(25)17-7-4-10-26-17/h1-11,19H,12H2,(H,22,24)/t19-/m1/s1. The van der Waals surface area contributed by atoms with Gasteiger partial charge in [-0.1, -0.05) is 46.3 Å². The first-order valence-electron chi connectivity index (χ1n) is 8.12. The summed E-state index contributed by atoms with van der Waals surface area (Å²) in [7, 11) is 0. The van der Waals surface area contributed by atoms with Crippen LogP contribution in [0.5, 0.6) is 0 Å². The molecule has 2 heterocycles. The molecule has 0 saturated heterocycles. The first-order valence-corrected chi connectivity index (χ1v) is 8.91. The van der Waals surface area contributed by atoms with Gasteiger partial charge in [0.1, 0.15) is 6.54 Å². The Kier molecular flexibility index (Phi) is 4.34. The highest BCUT2D eigenvalue weighted by Crippen LogP contribution is 2.37. The molecule has 3 aromatic rings. The van der Waals surface area contributed by atoms with E-state index in [0.29, 0.717) is 5.69 Å². The van der Waals surface area contributed by atoms with Crippen LogP contribution in [0.25, 0.3) is 0 Å². The van der Waals surface area contributed by atoms with Crippen molar-refractivity contribution in [1.82, 2.24) is 4.90 Å². The first-order chi connectivity index (χ1) is 12.6. The van der Waals surface area contributed by atoms with Crippen LogP contribution in [-0.2, 0) is 4.79 Å². The molecule has 6 heteroatoms. The monoisotopic (exact) mass is 410 g/mol. The number of hydrogen-bond donors (Lipinski definition) is 1. The summed E-state index contributed by atoms with van der Waals surface area (Å²) in [4.78, 5) is 27.1. The highest BCUT2D eigenvalue weighted by molar-refractivity contribution is 9.10. The normalized spacial score (nSPS) is 16.6. The van der Waals surface area contributed by atoms with Crippen LogP contribution in [0.2, 0.25) is 0 Å². The third-order valence-corrected chi connectivity index (χ3v) is 4.81. The molecule has 2 aromatic carbocycles. The van der Waals surface area contributed by atoms with Crippen molar-refractivity contribution in [1.29, 1.82) is 0 Å². The molecule has 1 N–H and O–H groups in total. The highest BCUT2D eigenvalue weighted by atomic mass is 79.9. The molecule has 0 fully saturated rings. The van der Waals surface area contributed by atoms with E-state index in [1.807, 2.05) is 48.5 Å². The van der Waals surface area contributed by atoms with Crippen molar-refractivity contribution in [2.24, 2.45) is 0 Å². The molecule has 0 spiro atoms. The molecule has 5 nitrogen and oxygen atoms in total. The average Bonchev–Trinajstić information content (AvgIpc) is 3.13. The molecular weight excluding hydrogens is 396 g/mol. The molecule has 1 aliphatic rings. The second kappa shape index (κ2) is 6.80. The lowest BCUT2D eigenvalue weighted by atomic mass is 9.95. The Bertz CT molecular complexity index is 954. The van der Waals surface area contributed by atoms with Gasteiger partial charge in [-0.2, -0.15) is 0 Å². The molecule has 0 aliphatic carbocycles. The number of rotatable bonds is 2. The van der Waals surface area contributed by atoms with Crippen molar-refractivity contribution in [2.45, 2.75) is 6.04 Å². The van der Waals surface area contributed by atoms with Gasteiger partial charge >= 0.3 is 0 Å². The maximum atomic E-state index is 13.1. The molecule has 1 aliphatic heterocycles. The maximum Gasteiger partial charge on any atom is 0.290 e. The largest absolute Gasteiger partial charge is 0.459 e. The summed E-state index contributed by atoms with van der Waals surface area (Å²) >= 11 is 3.49. The fraction of sp³-hybridized carbons (Fsp3) is 0.100. The summed E-state index contributed by atoms with van der Waals surface area (Å²) in [6.07, 6.45) is 1.45. The lowest BCUT2D eigenvalue weighted by molar-refractivity contribution is -0.117. The number of nitrogens with zero attached hydrogens (tertiary/aromatic N) is 1. The van der Waals surface area contributed by atoms with Gasteiger partial charge in [-0.15, -0.1) is 0 Å². The molecule has 4 rings (SSSR count). The lowest BCUT2D eigenvalue weighted by Gasteiger charge is -2.30. The van der Waals surface area contributed by atoms with E-state index in [9.17, 15) is 9.59 Å². The molecular formula is C20H15BrN2O3. The van der Waals surface area contributed by atoms with Gasteiger partial charge in [-0.25, -0.2) is 0 Å². The second-order valence-corrected chi connectivity index (χ2v) is 6.92. The van der Waals surface area contributed by atoms with Crippen LogP contribution in [-0.4, -0.2) is 23.3 Å². The number of hydrogen-bond acceptors (Lipinski definition) is 3. The maximum absolute atomic E-state index is 13.1. The molecule has 0 radical (unpaired) electrons. The summed E-state index contributed by atoms with van der Waals surface area (Å²) in [5.74, 6) is -0.365. The van der Waals surface area contributed by atoms with Gasteiger partial charge in [-0.3, -0.25) is 9.59 Å². The van der Waals surface area contributed by atoms with Crippen LogP contribution in [0, 0.1) is 0 Å². The van der Waals surface area contributed by atoms with Crippen molar-refractivity contribution >= 4 is 33.4 Å². The molecule has 26 heavy (non-hydrogen) atoms. The third kappa shape index (κ3) is 3.04. The van der Waals surface area contributed by atoms with Gasteiger partial charge in [0.2, 0.25) is 5.91 Å². The second-order valence-electron chi connectivity index (χ2n) is 6.00. The summed E-state index contributed by atoms with van der Waals surface area (Å²) < 4.78 is 6.16. The number of amides is 2. The summed E-state index contributed by atoms with van der Waals surface area (Å²) in [6, 6.07) is 18.2. The molecule has 0 saturated carbocycles. The molecule has 0 bridgehead atoms. The van der Waals surface area contributed by atoms with Crippen LogP contribution in [0.1, 0.15) is 27.7 Å². The zero-order valence-corrected chi connectivity index (χ0v) is 15.3. The van der Waals surface area contributed by atoms with Crippen LogP contribution < -0.4 is 5.32 Å². The van der Waals surface area contributed by atoms with E-state index < -0.39 is 6.04 Å². The Hall–Kier alpha value is -2.86. The smallest absolute Gasteiger partial charge is 0.290 e. The van der Waals surface area contributed by atoms with Crippen LogP contribution in [0.15, 0.2) is 75.8 Å². The minimum Gasteiger partial charge on any atom is -0.459 e. The number of nitrogens with one attached hydrogen (secondary N) is 1. The predicted molar refractivity (Wildman–Crippen MR) is 101 cm³/mol. The zero-order chi connectivity index (χ0) is 18.1. The minimum atomic E-state index is -0.416. The number of benzene rings is 2. The zero-order valence-electron chi connectivity index (χ0n) is 13.7. The van der Waals surface area contributed by atoms with Crippen LogP contribution in [0.3, 0.4) is 0 Å². The van der Waals surface area contributed by atoms with Gasteiger partial charge < -0.3 is 14.6 Å². The minimum absolute atomic E-state index is 0.0641. The Labute approximate surface area is 158 Å². The predicted octanol–water partition coefficient (Wildman–Crippen LogP) is 4.23. The van der Waals surface area contributed by atoms with Crippen molar-refractivity contribution in [3.63, 3.8) is 0 Å². The summed E-state index contributed by atoms with van der Waals surface area (Å²) in [5, 5.41) is 2.90. The van der Waals surface area contributed by atoms with Crippen LogP contribution in [0.4, 0.5) is 5.69 Å². The Morgan fingerprint density at radius 3 is 2.65 bits per heavy atom. The Balaban J connectivity index is 1.90. The molecule has 1 aromatic heterocycles. The number of furan rings is 1. The van der Waals surface area contributed by atoms with E-state index >= 15 is 0 Å². The van der Waals surface area contributed by atoms with Gasteiger partial charge in [0.15, 0.2) is 5.76 Å². The van der Waals surface area contributed by atoms with E-state index in [-0.39, 0.29) is 24.1 Å². The Morgan fingerprint density at radius 1 is 1.12 bits per heavy atom. The fourth-order valence-corrected chi connectivity index (χ4v) is 3.58. The first kappa shape index (κ1) is 16.6. The number of carbonyl (C=O) groups is 2. The number of fused-ring (bicyclic) bond motifs is 1. The van der Waals surface area contributed by atoms with Crippen molar-refractivity contribution in [3.05, 3.63) is 88.3 Å². The van der Waals surface area contributed by atoms with Gasteiger partial charge in [0, 0.05) is 15.7 Å². The van der Waals surface area contributed by atoms with E-state index in [1.165, 1.54) is 6.26 Å². The fourth-order valence-electron chi connectivity index (χ4n) is 3.20. The Morgan fingerprint density at radius 2 is 1.92 bits per heavy atom. The quantitative estimate of drug-likeness (QED) is 0.687. The molecule has 1 atom stereocenters. The van der Waals surface area contributed by atoms with Crippen molar-refractivity contribution < 1.29 is 14.0 Å². The molecule has 130 valence electrons.